The molecule has 3 rings (SSSR count). The van der Waals surface area contributed by atoms with Gasteiger partial charge in [-0.1, -0.05) is 6.07 Å². The summed E-state index contributed by atoms with van der Waals surface area (Å²) < 4.78 is 9.80. The second-order valence-electron chi connectivity index (χ2n) is 4.82. The van der Waals surface area contributed by atoms with Gasteiger partial charge in [0.25, 0.3) is 0 Å². The zero-order valence-electron chi connectivity index (χ0n) is 12.1. The molecule has 0 saturated heterocycles. The van der Waals surface area contributed by atoms with Gasteiger partial charge in [-0.2, -0.15) is 4.37 Å². The quantitative estimate of drug-likeness (QED) is 0.736. The zero-order chi connectivity index (χ0) is 14.8. The van der Waals surface area contributed by atoms with Gasteiger partial charge >= 0.3 is 0 Å². The molecule has 5 heteroatoms. The predicted molar refractivity (Wildman–Crippen MR) is 84.6 cm³/mol. The summed E-state index contributed by atoms with van der Waals surface area (Å²) in [7, 11) is 1.70. The first kappa shape index (κ1) is 13.7. The lowest BCUT2D eigenvalue weighted by Crippen LogP contribution is -1.91. The molecule has 0 aliphatic rings. The Morgan fingerprint density at radius 1 is 1.00 bits per heavy atom. The van der Waals surface area contributed by atoms with Crippen LogP contribution in [0.1, 0.15) is 11.1 Å². The molecule has 2 aromatic heterocycles. The third-order valence-corrected chi connectivity index (χ3v) is 4.39. The van der Waals surface area contributed by atoms with E-state index in [1.54, 1.807) is 19.5 Å². The molecular weight excluding hydrogens is 282 g/mol. The fraction of sp³-hybridized carbons (Fsp3) is 0.188. The lowest BCUT2D eigenvalue weighted by atomic mass is 10.0. The summed E-state index contributed by atoms with van der Waals surface area (Å²) in [5.74, 6) is 0.897. The Morgan fingerprint density at radius 3 is 2.48 bits per heavy atom. The Hall–Kier alpha value is -2.27. The van der Waals surface area contributed by atoms with Crippen molar-refractivity contribution in [3.05, 3.63) is 48.2 Å². The zero-order valence-corrected chi connectivity index (χ0v) is 12.9. The van der Waals surface area contributed by atoms with Gasteiger partial charge in [0.1, 0.15) is 12.1 Å². The molecule has 0 amide bonds. The number of methoxy groups -OCH3 is 1. The van der Waals surface area contributed by atoms with Crippen LogP contribution < -0.4 is 4.74 Å². The van der Waals surface area contributed by atoms with Gasteiger partial charge in [0.2, 0.25) is 0 Å². The number of aromatic nitrogens is 3. The van der Waals surface area contributed by atoms with Crippen molar-refractivity contribution in [3.8, 4) is 27.3 Å². The lowest BCUT2D eigenvalue weighted by Gasteiger charge is -2.11. The van der Waals surface area contributed by atoms with Crippen LogP contribution in [0.15, 0.2) is 37.1 Å². The summed E-state index contributed by atoms with van der Waals surface area (Å²) in [5, 5.41) is 0. The number of aryl methyl sites for hydroxylation is 1. The van der Waals surface area contributed by atoms with Crippen molar-refractivity contribution in [2.45, 2.75) is 13.8 Å². The van der Waals surface area contributed by atoms with Crippen LogP contribution in [0.2, 0.25) is 0 Å². The molecule has 0 aliphatic heterocycles. The molecule has 1 aromatic carbocycles. The number of nitrogens with zero attached hydrogens (tertiary/aromatic N) is 3. The van der Waals surface area contributed by atoms with Gasteiger partial charge < -0.3 is 4.74 Å². The largest absolute Gasteiger partial charge is 0.496 e. The van der Waals surface area contributed by atoms with E-state index in [1.165, 1.54) is 23.4 Å². The fourth-order valence-corrected chi connectivity index (χ4v) is 3.02. The van der Waals surface area contributed by atoms with Crippen LogP contribution in [0, 0.1) is 13.8 Å². The van der Waals surface area contributed by atoms with Crippen molar-refractivity contribution in [3.63, 3.8) is 0 Å². The van der Waals surface area contributed by atoms with E-state index in [4.69, 9.17) is 4.74 Å². The molecule has 21 heavy (non-hydrogen) atoms. The molecular formula is C16H15N3OS. The highest BCUT2D eigenvalue weighted by Gasteiger charge is 2.14. The molecule has 0 spiro atoms. The second-order valence-corrected chi connectivity index (χ2v) is 5.62. The van der Waals surface area contributed by atoms with Gasteiger partial charge in [0.05, 0.1) is 12.0 Å². The van der Waals surface area contributed by atoms with Gasteiger partial charge in [-0.15, -0.1) is 0 Å². The minimum Gasteiger partial charge on any atom is -0.496 e. The topological polar surface area (TPSA) is 47.9 Å². The van der Waals surface area contributed by atoms with E-state index in [-0.39, 0.29) is 0 Å². The smallest absolute Gasteiger partial charge is 0.122 e. The van der Waals surface area contributed by atoms with E-state index in [0.717, 1.165) is 32.9 Å². The monoisotopic (exact) mass is 297 g/mol. The van der Waals surface area contributed by atoms with Crippen LogP contribution in [0.5, 0.6) is 5.75 Å². The summed E-state index contributed by atoms with van der Waals surface area (Å²) in [4.78, 5) is 9.27. The van der Waals surface area contributed by atoms with Gasteiger partial charge in [-0.25, -0.2) is 9.97 Å². The molecule has 0 saturated carbocycles. The molecule has 106 valence electrons. The minimum absolute atomic E-state index is 0.897. The number of hydrogen-bond acceptors (Lipinski definition) is 5. The van der Waals surface area contributed by atoms with Gasteiger partial charge in [0.15, 0.2) is 0 Å². The summed E-state index contributed by atoms with van der Waals surface area (Å²) in [5.41, 5.74) is 5.49. The molecule has 0 unspecified atom stereocenters. The van der Waals surface area contributed by atoms with Crippen molar-refractivity contribution in [2.75, 3.05) is 7.11 Å². The minimum atomic E-state index is 0.897. The van der Waals surface area contributed by atoms with Crippen molar-refractivity contribution in [2.24, 2.45) is 0 Å². The molecule has 0 aliphatic carbocycles. The first-order valence-electron chi connectivity index (χ1n) is 6.56. The van der Waals surface area contributed by atoms with Gasteiger partial charge in [-0.05, 0) is 48.1 Å². The normalized spacial score (nSPS) is 10.6. The standard InChI is InChI=1S/C16H15N3OS/c1-10-4-12(5-15(20-3)11(10)2)16-14(8-19-21-16)13-6-17-9-18-7-13/h4-9H,1-3H3. The average Bonchev–Trinajstić information content (AvgIpc) is 3.00. The SMILES string of the molecule is COc1cc(-c2sncc2-c2cncnc2)cc(C)c1C. The maximum absolute atomic E-state index is 5.47. The molecule has 3 aromatic rings. The molecule has 0 atom stereocenters. The third-order valence-electron chi connectivity index (χ3n) is 3.54. The fourth-order valence-electron chi connectivity index (χ4n) is 2.26. The number of benzene rings is 1. The first-order valence-corrected chi connectivity index (χ1v) is 7.33. The van der Waals surface area contributed by atoms with E-state index in [0.29, 0.717) is 0 Å². The third kappa shape index (κ3) is 2.52. The highest BCUT2D eigenvalue weighted by molar-refractivity contribution is 7.10. The van der Waals surface area contributed by atoms with Crippen LogP contribution in [0.3, 0.4) is 0 Å². The summed E-state index contributed by atoms with van der Waals surface area (Å²) in [6.45, 7) is 4.16. The summed E-state index contributed by atoms with van der Waals surface area (Å²) in [6.07, 6.45) is 7.00. The highest BCUT2D eigenvalue weighted by atomic mass is 32.1. The maximum atomic E-state index is 5.47. The van der Waals surface area contributed by atoms with Gasteiger partial charge in [0, 0.05) is 29.7 Å². The predicted octanol–water partition coefficient (Wildman–Crippen LogP) is 3.89. The summed E-state index contributed by atoms with van der Waals surface area (Å²) in [6, 6.07) is 4.22. The van der Waals surface area contributed by atoms with Crippen molar-refractivity contribution in [1.29, 1.82) is 0 Å². The van der Waals surface area contributed by atoms with E-state index in [1.807, 2.05) is 6.20 Å². The van der Waals surface area contributed by atoms with Crippen molar-refractivity contribution < 1.29 is 4.74 Å². The lowest BCUT2D eigenvalue weighted by molar-refractivity contribution is 0.411. The Bertz CT molecular complexity index is 768. The molecule has 4 nitrogen and oxygen atoms in total. The van der Waals surface area contributed by atoms with E-state index in [9.17, 15) is 0 Å². The van der Waals surface area contributed by atoms with Crippen LogP contribution >= 0.6 is 11.5 Å². The van der Waals surface area contributed by atoms with Crippen molar-refractivity contribution in [1.82, 2.24) is 14.3 Å². The molecule has 0 radical (unpaired) electrons. The van der Waals surface area contributed by atoms with Crippen LogP contribution in [-0.4, -0.2) is 21.5 Å². The van der Waals surface area contributed by atoms with Crippen LogP contribution in [0.4, 0.5) is 0 Å². The van der Waals surface area contributed by atoms with Crippen LogP contribution in [0.25, 0.3) is 21.6 Å². The van der Waals surface area contributed by atoms with E-state index < -0.39 is 0 Å². The van der Waals surface area contributed by atoms with Gasteiger partial charge in [-0.3, -0.25) is 0 Å². The number of ether oxygens (including phenoxy) is 1. The van der Waals surface area contributed by atoms with Crippen molar-refractivity contribution >= 4 is 11.5 Å². The second kappa shape index (κ2) is 5.61. The molecule has 2 heterocycles. The highest BCUT2D eigenvalue weighted by Crippen LogP contribution is 2.37. The molecule has 0 fully saturated rings. The van der Waals surface area contributed by atoms with E-state index >= 15 is 0 Å². The van der Waals surface area contributed by atoms with E-state index in [2.05, 4.69) is 40.3 Å². The molecule has 0 N–H and O–H groups in total. The Kier molecular flexibility index (Phi) is 3.66. The number of rotatable bonds is 3. The Morgan fingerprint density at radius 2 is 1.76 bits per heavy atom. The number of hydrogen-bond donors (Lipinski definition) is 0. The summed E-state index contributed by atoms with van der Waals surface area (Å²) >= 11 is 1.47. The molecule has 0 bridgehead atoms. The average molecular weight is 297 g/mol. The Labute approximate surface area is 127 Å². The Balaban J connectivity index is 2.15. The first-order chi connectivity index (χ1) is 10.2. The van der Waals surface area contributed by atoms with Crippen LogP contribution in [-0.2, 0) is 0 Å². The maximum Gasteiger partial charge on any atom is 0.122 e.